The number of rotatable bonds is 5. The van der Waals surface area contributed by atoms with Crippen molar-refractivity contribution in [3.8, 4) is 23.1 Å². The van der Waals surface area contributed by atoms with Crippen LogP contribution in [-0.4, -0.2) is 26.9 Å². The van der Waals surface area contributed by atoms with Gasteiger partial charge in [-0.1, -0.05) is 45.0 Å². The highest BCUT2D eigenvalue weighted by Gasteiger charge is 2.18. The lowest BCUT2D eigenvalue weighted by Crippen LogP contribution is -2.20. The van der Waals surface area contributed by atoms with Crippen molar-refractivity contribution in [1.29, 1.82) is 0 Å². The van der Waals surface area contributed by atoms with E-state index in [9.17, 15) is 0 Å². The third kappa shape index (κ3) is 4.23. The van der Waals surface area contributed by atoms with E-state index in [-0.39, 0.29) is 5.41 Å². The molecule has 5 rings (SSSR count). The summed E-state index contributed by atoms with van der Waals surface area (Å²) in [7, 11) is -1.89. The van der Waals surface area contributed by atoms with Gasteiger partial charge in [0.2, 0.25) is 0 Å². The topological polar surface area (TPSA) is 76.7 Å². The molecule has 0 spiro atoms. The number of aromatic nitrogens is 2. The third-order valence-electron chi connectivity index (χ3n) is 5.77. The van der Waals surface area contributed by atoms with E-state index in [2.05, 4.69) is 55.7 Å². The number of hydrogen-bond donors (Lipinski definition) is 2. The third-order valence-corrected chi connectivity index (χ3v) is 5.77. The Morgan fingerprint density at radius 3 is 2.29 bits per heavy atom. The summed E-state index contributed by atoms with van der Waals surface area (Å²) in [6, 6.07) is 25.2. The molecule has 170 valence electrons. The van der Waals surface area contributed by atoms with E-state index in [4.69, 9.17) is 24.4 Å². The summed E-state index contributed by atoms with van der Waals surface area (Å²) in [5.74, 6) is 2.31. The zero-order chi connectivity index (χ0) is 23.9. The Bertz CT molecular complexity index is 1490. The lowest BCUT2D eigenvalue weighted by atomic mass is 9.88. The van der Waals surface area contributed by atoms with Crippen LogP contribution in [0.4, 0.5) is 0 Å². The van der Waals surface area contributed by atoms with Crippen molar-refractivity contribution in [3.05, 3.63) is 90.6 Å². The molecule has 2 aromatic heterocycles. The second kappa shape index (κ2) is 8.52. The minimum Gasteiger partial charge on any atom is -0.512 e. The van der Waals surface area contributed by atoms with E-state index in [1.165, 1.54) is 5.56 Å². The van der Waals surface area contributed by atoms with Crippen LogP contribution in [0.5, 0.6) is 17.2 Å². The van der Waals surface area contributed by atoms with Gasteiger partial charge in [-0.05, 0) is 53.4 Å². The average Bonchev–Trinajstić information content (AvgIpc) is 3.12. The molecule has 0 aliphatic carbocycles. The van der Waals surface area contributed by atoms with Gasteiger partial charge in [0.15, 0.2) is 0 Å². The van der Waals surface area contributed by atoms with E-state index in [0.29, 0.717) is 17.2 Å². The summed E-state index contributed by atoms with van der Waals surface area (Å²) in [6.07, 6.45) is 1.86. The molecule has 0 aliphatic rings. The molecule has 5 aromatic rings. The molecule has 0 fully saturated rings. The highest BCUT2D eigenvalue weighted by Crippen LogP contribution is 2.36. The molecule has 0 aliphatic heterocycles. The minimum atomic E-state index is -1.89. The normalized spacial score (nSPS) is 11.7. The van der Waals surface area contributed by atoms with Crippen LogP contribution in [0.15, 0.2) is 85.1 Å². The molecule has 0 amide bonds. The van der Waals surface area contributed by atoms with Gasteiger partial charge < -0.3 is 19.4 Å². The largest absolute Gasteiger partial charge is 0.707 e. The molecule has 0 saturated heterocycles. The Kier molecular flexibility index (Phi) is 5.51. The Labute approximate surface area is 198 Å². The van der Waals surface area contributed by atoms with E-state index >= 15 is 0 Å². The SMILES string of the molecule is CC(C)(C)c1ccnc(-n2c3ccccc3c3ccc(Oc4cccc(OB(O)O)c4)cc32)c1. The zero-order valence-electron chi connectivity index (χ0n) is 19.3. The summed E-state index contributed by atoms with van der Waals surface area (Å²) in [5, 5.41) is 20.4. The number of benzene rings is 3. The summed E-state index contributed by atoms with van der Waals surface area (Å²) in [5.41, 5.74) is 3.26. The molecule has 3 aromatic carbocycles. The highest BCUT2D eigenvalue weighted by molar-refractivity contribution is 6.33. The number of para-hydroxylation sites is 1. The van der Waals surface area contributed by atoms with Crippen LogP contribution >= 0.6 is 0 Å². The van der Waals surface area contributed by atoms with E-state index in [1.54, 1.807) is 24.3 Å². The maximum Gasteiger partial charge on any atom is 0.707 e. The monoisotopic (exact) mass is 452 g/mol. The number of hydrogen-bond acceptors (Lipinski definition) is 5. The Hall–Kier alpha value is -3.81. The van der Waals surface area contributed by atoms with Crippen LogP contribution in [0.25, 0.3) is 27.6 Å². The van der Waals surface area contributed by atoms with Crippen molar-refractivity contribution in [2.24, 2.45) is 0 Å². The minimum absolute atomic E-state index is 0.0000442. The van der Waals surface area contributed by atoms with Crippen molar-refractivity contribution >= 4 is 29.1 Å². The molecule has 0 saturated carbocycles. The van der Waals surface area contributed by atoms with Crippen molar-refractivity contribution in [2.45, 2.75) is 26.2 Å². The number of nitrogens with zero attached hydrogens (tertiary/aromatic N) is 2. The van der Waals surface area contributed by atoms with Crippen molar-refractivity contribution in [1.82, 2.24) is 9.55 Å². The van der Waals surface area contributed by atoms with Crippen LogP contribution in [0, 0.1) is 0 Å². The first kappa shape index (κ1) is 22.0. The van der Waals surface area contributed by atoms with Gasteiger partial charge in [-0.15, -0.1) is 0 Å². The summed E-state index contributed by atoms with van der Waals surface area (Å²) in [4.78, 5) is 4.71. The Balaban J connectivity index is 1.64. The van der Waals surface area contributed by atoms with Gasteiger partial charge in [0.1, 0.15) is 23.1 Å². The zero-order valence-corrected chi connectivity index (χ0v) is 19.3. The highest BCUT2D eigenvalue weighted by atomic mass is 16.6. The maximum absolute atomic E-state index is 9.07. The van der Waals surface area contributed by atoms with Gasteiger partial charge in [0, 0.05) is 29.1 Å². The smallest absolute Gasteiger partial charge is 0.512 e. The fourth-order valence-electron chi connectivity index (χ4n) is 4.14. The maximum atomic E-state index is 9.07. The van der Waals surface area contributed by atoms with Crippen molar-refractivity contribution in [2.75, 3.05) is 0 Å². The van der Waals surface area contributed by atoms with E-state index in [0.717, 1.165) is 27.6 Å². The summed E-state index contributed by atoms with van der Waals surface area (Å²) >= 11 is 0. The lowest BCUT2D eigenvalue weighted by Gasteiger charge is -2.20. The first-order valence-electron chi connectivity index (χ1n) is 11.1. The molecule has 0 radical (unpaired) electrons. The van der Waals surface area contributed by atoms with Gasteiger partial charge in [-0.3, -0.25) is 4.57 Å². The first-order valence-corrected chi connectivity index (χ1v) is 11.1. The van der Waals surface area contributed by atoms with Crippen LogP contribution in [0.1, 0.15) is 26.3 Å². The molecule has 34 heavy (non-hydrogen) atoms. The molecule has 0 unspecified atom stereocenters. The number of ether oxygens (including phenoxy) is 1. The van der Waals surface area contributed by atoms with Crippen molar-refractivity contribution < 1.29 is 19.4 Å². The fraction of sp³-hybridized carbons (Fsp3) is 0.148. The number of fused-ring (bicyclic) bond motifs is 3. The lowest BCUT2D eigenvalue weighted by molar-refractivity contribution is 0.287. The standard InChI is InChI=1S/C27H25BN2O4/c1-27(2,3)18-13-14-29-26(15-18)30-24-10-5-4-9-22(24)23-12-11-20(17-25(23)30)33-19-7-6-8-21(16-19)34-28(31)32/h4-17,31-32H,1-3H3. The molecule has 2 N–H and O–H groups in total. The average molecular weight is 452 g/mol. The summed E-state index contributed by atoms with van der Waals surface area (Å²) in [6.45, 7) is 6.58. The fourth-order valence-corrected chi connectivity index (χ4v) is 4.14. The van der Waals surface area contributed by atoms with Gasteiger partial charge in [0.25, 0.3) is 0 Å². The van der Waals surface area contributed by atoms with Crippen molar-refractivity contribution in [3.63, 3.8) is 0 Å². The molecular formula is C27H25BN2O4. The predicted octanol–water partition coefficient (Wildman–Crippen LogP) is 5.62. The van der Waals surface area contributed by atoms with Crippen LogP contribution in [-0.2, 0) is 5.41 Å². The quantitative estimate of drug-likeness (QED) is 0.339. The van der Waals surface area contributed by atoms with Gasteiger partial charge in [0.05, 0.1) is 11.0 Å². The van der Waals surface area contributed by atoms with E-state index in [1.807, 2.05) is 30.5 Å². The molecule has 7 heteroatoms. The Morgan fingerprint density at radius 2 is 1.50 bits per heavy atom. The molecule has 2 heterocycles. The van der Waals surface area contributed by atoms with Crippen LogP contribution in [0.2, 0.25) is 0 Å². The molecule has 0 atom stereocenters. The van der Waals surface area contributed by atoms with Crippen LogP contribution in [0.3, 0.4) is 0 Å². The van der Waals surface area contributed by atoms with Gasteiger partial charge >= 0.3 is 7.32 Å². The first-order chi connectivity index (χ1) is 16.3. The molecule has 0 bridgehead atoms. The van der Waals surface area contributed by atoms with E-state index < -0.39 is 7.32 Å². The van der Waals surface area contributed by atoms with Crippen LogP contribution < -0.4 is 9.39 Å². The predicted molar refractivity (Wildman–Crippen MR) is 135 cm³/mol. The van der Waals surface area contributed by atoms with Gasteiger partial charge in [-0.25, -0.2) is 4.98 Å². The Morgan fingerprint density at radius 1 is 0.765 bits per heavy atom. The second-order valence-corrected chi connectivity index (χ2v) is 9.21. The molecule has 6 nitrogen and oxygen atoms in total. The summed E-state index contributed by atoms with van der Waals surface area (Å²) < 4.78 is 13.2. The number of pyridine rings is 1. The second-order valence-electron chi connectivity index (χ2n) is 9.21. The van der Waals surface area contributed by atoms with Gasteiger partial charge in [-0.2, -0.15) is 0 Å². The molecular weight excluding hydrogens is 427 g/mol.